The largest absolute Gasteiger partial charge is 0.507 e. The molecule has 3 N–H and O–H groups in total. The summed E-state index contributed by atoms with van der Waals surface area (Å²) in [6.45, 7) is 2.26. The Bertz CT molecular complexity index is 699. The Kier molecular flexibility index (Phi) is 2.96. The third kappa shape index (κ3) is 1.63. The maximum atomic E-state index is 13.1. The summed E-state index contributed by atoms with van der Waals surface area (Å²) in [5, 5.41) is 31.4. The number of ketones is 1. The predicted molar refractivity (Wildman–Crippen MR) is 79.7 cm³/mol. The molecule has 1 saturated heterocycles. The third-order valence-corrected chi connectivity index (χ3v) is 6.01. The highest BCUT2D eigenvalue weighted by Crippen LogP contribution is 2.63. The van der Waals surface area contributed by atoms with Crippen LogP contribution in [0.15, 0.2) is 6.07 Å². The average molecular weight is 320 g/mol. The van der Waals surface area contributed by atoms with Crippen LogP contribution in [0.2, 0.25) is 0 Å². The average Bonchev–Trinajstić information content (AvgIpc) is 2.51. The fourth-order valence-electron chi connectivity index (χ4n) is 4.85. The summed E-state index contributed by atoms with van der Waals surface area (Å²) >= 11 is 0. The molecule has 124 valence electrons. The molecule has 0 amide bonds. The number of carbonyl (C=O) groups excluding carboxylic acids is 1. The maximum Gasteiger partial charge on any atom is 0.171 e. The Morgan fingerprint density at radius 1 is 1.35 bits per heavy atom. The van der Waals surface area contributed by atoms with Gasteiger partial charge in [0.2, 0.25) is 0 Å². The number of phenols is 2. The van der Waals surface area contributed by atoms with E-state index in [1.807, 2.05) is 6.92 Å². The number of phenolic OH excluding ortho intramolecular Hbond substituents is 2. The number of rotatable bonds is 1. The molecule has 2 fully saturated rings. The van der Waals surface area contributed by atoms with E-state index in [9.17, 15) is 20.1 Å². The molecule has 1 aliphatic heterocycles. The van der Waals surface area contributed by atoms with Crippen LogP contribution >= 0.6 is 0 Å². The third-order valence-electron chi connectivity index (χ3n) is 6.01. The van der Waals surface area contributed by atoms with Gasteiger partial charge < -0.3 is 24.8 Å². The minimum atomic E-state index is -0.804. The Morgan fingerprint density at radius 3 is 2.78 bits per heavy atom. The molecule has 5 atom stereocenters. The number of aliphatic hydroxyl groups is 1. The van der Waals surface area contributed by atoms with Crippen molar-refractivity contribution in [3.63, 3.8) is 0 Å². The number of carbonyl (C=O) groups is 1. The molecule has 1 aromatic carbocycles. The quantitative estimate of drug-likeness (QED) is 0.683. The lowest BCUT2D eigenvalue weighted by Gasteiger charge is -2.58. The second kappa shape index (κ2) is 4.61. The van der Waals surface area contributed by atoms with Crippen molar-refractivity contribution in [3.8, 4) is 17.2 Å². The summed E-state index contributed by atoms with van der Waals surface area (Å²) in [6, 6.07) is 1.25. The molecule has 0 radical (unpaired) electrons. The number of aromatic hydroxyl groups is 2. The number of fused-ring (bicyclic) bond motifs is 2. The highest BCUT2D eigenvalue weighted by Gasteiger charge is 2.63. The van der Waals surface area contributed by atoms with Crippen LogP contribution in [0.25, 0.3) is 0 Å². The van der Waals surface area contributed by atoms with Gasteiger partial charge in [-0.2, -0.15) is 0 Å². The first-order valence-corrected chi connectivity index (χ1v) is 7.88. The molecule has 1 aromatic rings. The summed E-state index contributed by atoms with van der Waals surface area (Å²) in [7, 11) is 1.38. The Hall–Kier alpha value is -1.79. The van der Waals surface area contributed by atoms with Crippen molar-refractivity contribution in [2.24, 2.45) is 17.3 Å². The molecule has 0 aromatic heterocycles. The fraction of sp³-hybridized carbons (Fsp3) is 0.588. The van der Waals surface area contributed by atoms with Crippen LogP contribution in [0.3, 0.4) is 0 Å². The first-order chi connectivity index (χ1) is 10.9. The van der Waals surface area contributed by atoms with E-state index in [1.54, 1.807) is 0 Å². The zero-order valence-corrected chi connectivity index (χ0v) is 13.1. The SMILES string of the molecule is COc1cc(O)c2c(c1O)[C@H]1OC[C@@H]3CC[C@H](O)[C@@]1(C)[C@@H]3C2=O. The van der Waals surface area contributed by atoms with E-state index in [4.69, 9.17) is 9.47 Å². The number of Topliss-reactive ketones (excluding diaryl/α,β-unsaturated/α-hetero) is 1. The zero-order chi connectivity index (χ0) is 16.5. The van der Waals surface area contributed by atoms with Gasteiger partial charge in [-0.05, 0) is 18.8 Å². The van der Waals surface area contributed by atoms with E-state index in [1.165, 1.54) is 13.2 Å². The van der Waals surface area contributed by atoms with Crippen molar-refractivity contribution in [3.05, 3.63) is 17.2 Å². The van der Waals surface area contributed by atoms with E-state index in [-0.39, 0.29) is 40.1 Å². The molecule has 23 heavy (non-hydrogen) atoms. The molecule has 6 heteroatoms. The van der Waals surface area contributed by atoms with Crippen LogP contribution in [-0.4, -0.2) is 40.9 Å². The highest BCUT2D eigenvalue weighted by molar-refractivity contribution is 6.05. The first-order valence-electron chi connectivity index (χ1n) is 7.88. The van der Waals surface area contributed by atoms with Crippen molar-refractivity contribution in [1.29, 1.82) is 0 Å². The lowest BCUT2D eigenvalue weighted by molar-refractivity contribution is -0.206. The van der Waals surface area contributed by atoms with Gasteiger partial charge in [-0.25, -0.2) is 0 Å². The van der Waals surface area contributed by atoms with Gasteiger partial charge in [-0.1, -0.05) is 6.92 Å². The summed E-state index contributed by atoms with van der Waals surface area (Å²) in [4.78, 5) is 13.1. The molecular formula is C17H20O6. The van der Waals surface area contributed by atoms with Gasteiger partial charge >= 0.3 is 0 Å². The van der Waals surface area contributed by atoms with E-state index in [0.29, 0.717) is 13.0 Å². The number of hydrogen-bond acceptors (Lipinski definition) is 6. The second-order valence-electron chi connectivity index (χ2n) is 7.01. The molecule has 4 bridgehead atoms. The van der Waals surface area contributed by atoms with Crippen LogP contribution in [0.5, 0.6) is 17.2 Å². The minimum absolute atomic E-state index is 0.0314. The standard InChI is InChI=1S/C17H20O6/c1-17-10(19)4-3-7-6-23-16(17)12-11(15(21)13(7)17)8(18)5-9(22-2)14(12)20/h5,7,10,13,16,18-20H,3-4,6H2,1-2H3/t7-,10-,13-,16+,17-/m0/s1. The lowest BCUT2D eigenvalue weighted by Crippen LogP contribution is -2.60. The first kappa shape index (κ1) is 14.8. The van der Waals surface area contributed by atoms with Crippen LogP contribution in [0.4, 0.5) is 0 Å². The van der Waals surface area contributed by atoms with Crippen LogP contribution in [0, 0.1) is 17.3 Å². The normalized spacial score (nSPS) is 38.1. The predicted octanol–water partition coefficient (Wildman–Crippen LogP) is 1.77. The van der Waals surface area contributed by atoms with Gasteiger partial charge in [0.15, 0.2) is 17.3 Å². The van der Waals surface area contributed by atoms with E-state index in [0.717, 1.165) is 6.42 Å². The highest BCUT2D eigenvalue weighted by atomic mass is 16.5. The number of hydrogen-bond donors (Lipinski definition) is 3. The molecule has 4 rings (SSSR count). The van der Waals surface area contributed by atoms with Crippen molar-refractivity contribution in [2.45, 2.75) is 32.0 Å². The Morgan fingerprint density at radius 2 is 2.09 bits per heavy atom. The number of aliphatic hydroxyl groups excluding tert-OH is 1. The van der Waals surface area contributed by atoms with Crippen molar-refractivity contribution in [2.75, 3.05) is 13.7 Å². The molecule has 6 nitrogen and oxygen atoms in total. The van der Waals surface area contributed by atoms with Gasteiger partial charge in [0.05, 0.1) is 31.5 Å². The number of methoxy groups -OCH3 is 1. The molecule has 2 aliphatic carbocycles. The Labute approximate surface area is 133 Å². The van der Waals surface area contributed by atoms with Crippen LogP contribution in [-0.2, 0) is 4.74 Å². The molecule has 3 aliphatic rings. The van der Waals surface area contributed by atoms with Crippen molar-refractivity contribution < 1.29 is 29.6 Å². The summed E-state index contributed by atoms with van der Waals surface area (Å²) in [5.41, 5.74) is -0.457. The summed E-state index contributed by atoms with van der Waals surface area (Å²) < 4.78 is 11.0. The van der Waals surface area contributed by atoms with Crippen molar-refractivity contribution >= 4 is 5.78 Å². The number of ether oxygens (including phenoxy) is 2. The number of benzene rings is 1. The van der Waals surface area contributed by atoms with Crippen LogP contribution < -0.4 is 4.74 Å². The molecule has 1 saturated carbocycles. The van der Waals surface area contributed by atoms with Gasteiger partial charge in [-0.3, -0.25) is 4.79 Å². The van der Waals surface area contributed by atoms with Crippen molar-refractivity contribution in [1.82, 2.24) is 0 Å². The van der Waals surface area contributed by atoms with Gasteiger partial charge in [0.25, 0.3) is 0 Å². The van der Waals surface area contributed by atoms with Gasteiger partial charge in [0.1, 0.15) is 5.75 Å². The lowest BCUT2D eigenvalue weighted by atomic mass is 9.51. The Balaban J connectivity index is 2.02. The van der Waals surface area contributed by atoms with E-state index in [2.05, 4.69) is 0 Å². The molecule has 0 spiro atoms. The topological polar surface area (TPSA) is 96.2 Å². The fourth-order valence-corrected chi connectivity index (χ4v) is 4.85. The summed E-state index contributed by atoms with van der Waals surface area (Å²) in [5.74, 6) is -0.918. The van der Waals surface area contributed by atoms with Crippen LogP contribution in [0.1, 0.15) is 41.8 Å². The van der Waals surface area contributed by atoms with Gasteiger partial charge in [-0.15, -0.1) is 0 Å². The minimum Gasteiger partial charge on any atom is -0.507 e. The van der Waals surface area contributed by atoms with E-state index >= 15 is 0 Å². The molecule has 0 unspecified atom stereocenters. The molecular weight excluding hydrogens is 300 g/mol. The van der Waals surface area contributed by atoms with E-state index < -0.39 is 23.5 Å². The molecule has 1 heterocycles. The second-order valence-corrected chi connectivity index (χ2v) is 7.01. The zero-order valence-electron chi connectivity index (χ0n) is 13.1. The van der Waals surface area contributed by atoms with Gasteiger partial charge in [0, 0.05) is 23.0 Å². The monoisotopic (exact) mass is 320 g/mol. The maximum absolute atomic E-state index is 13.1. The smallest absolute Gasteiger partial charge is 0.171 e. The summed E-state index contributed by atoms with van der Waals surface area (Å²) in [6.07, 6.45) is -0.0127.